The summed E-state index contributed by atoms with van der Waals surface area (Å²) in [5.74, 6) is 0.0284. The van der Waals surface area contributed by atoms with Gasteiger partial charge in [-0.2, -0.15) is 0 Å². The van der Waals surface area contributed by atoms with E-state index in [0.29, 0.717) is 6.42 Å². The fraction of sp³-hybridized carbons (Fsp3) is 0.500. The number of phenols is 1. The monoisotopic (exact) mass is 279 g/mol. The van der Waals surface area contributed by atoms with Gasteiger partial charge in [-0.15, -0.1) is 12.4 Å². The third-order valence-corrected chi connectivity index (χ3v) is 2.93. The molecular formula is C12H19Cl2NO2. The van der Waals surface area contributed by atoms with Crippen molar-refractivity contribution in [3.63, 3.8) is 0 Å². The van der Waals surface area contributed by atoms with Crippen molar-refractivity contribution in [2.75, 3.05) is 0 Å². The van der Waals surface area contributed by atoms with Crippen LogP contribution in [-0.4, -0.2) is 16.3 Å². The fourth-order valence-corrected chi connectivity index (χ4v) is 1.73. The minimum Gasteiger partial charge on any atom is -0.506 e. The molecule has 4 N–H and O–H groups in total. The van der Waals surface area contributed by atoms with Crippen LogP contribution in [0.15, 0.2) is 18.2 Å². The molecule has 0 saturated carbocycles. The lowest BCUT2D eigenvalue weighted by Gasteiger charge is -2.19. The summed E-state index contributed by atoms with van der Waals surface area (Å²) in [6.45, 7) is 2.07. The Kier molecular flexibility index (Phi) is 7.55. The Labute approximate surface area is 113 Å². The average molecular weight is 280 g/mol. The van der Waals surface area contributed by atoms with Gasteiger partial charge in [0.05, 0.1) is 17.2 Å². The van der Waals surface area contributed by atoms with Crippen molar-refractivity contribution in [2.45, 2.75) is 38.3 Å². The third-order valence-electron chi connectivity index (χ3n) is 2.62. The van der Waals surface area contributed by atoms with Crippen molar-refractivity contribution in [3.8, 4) is 5.75 Å². The van der Waals surface area contributed by atoms with Gasteiger partial charge in [0.15, 0.2) is 0 Å². The van der Waals surface area contributed by atoms with Gasteiger partial charge >= 0.3 is 0 Å². The van der Waals surface area contributed by atoms with Gasteiger partial charge in [-0.25, -0.2) is 0 Å². The van der Waals surface area contributed by atoms with Gasteiger partial charge in [-0.05, 0) is 24.1 Å². The molecule has 0 unspecified atom stereocenters. The maximum absolute atomic E-state index is 9.83. The minimum absolute atomic E-state index is 0. The number of rotatable bonds is 5. The van der Waals surface area contributed by atoms with Gasteiger partial charge in [0.2, 0.25) is 0 Å². The molecule has 2 atom stereocenters. The van der Waals surface area contributed by atoms with Crippen molar-refractivity contribution in [1.82, 2.24) is 0 Å². The zero-order valence-corrected chi connectivity index (χ0v) is 11.3. The highest BCUT2D eigenvalue weighted by atomic mass is 35.5. The Morgan fingerprint density at radius 2 is 2.06 bits per heavy atom. The number of phenolic OH excluding ortho intramolecular Hbond substituents is 1. The topological polar surface area (TPSA) is 66.5 Å². The van der Waals surface area contributed by atoms with Crippen LogP contribution in [0.2, 0.25) is 5.02 Å². The van der Waals surface area contributed by atoms with E-state index in [-0.39, 0.29) is 23.2 Å². The first kappa shape index (κ1) is 16.5. The first-order chi connectivity index (χ1) is 7.56. The van der Waals surface area contributed by atoms with E-state index in [1.165, 1.54) is 6.07 Å². The van der Waals surface area contributed by atoms with E-state index in [1.54, 1.807) is 12.1 Å². The highest BCUT2D eigenvalue weighted by molar-refractivity contribution is 6.32. The number of aliphatic hydroxyl groups is 1. The molecule has 0 heterocycles. The van der Waals surface area contributed by atoms with Crippen LogP contribution in [-0.2, 0) is 0 Å². The maximum Gasteiger partial charge on any atom is 0.134 e. The van der Waals surface area contributed by atoms with Crippen LogP contribution in [0.4, 0.5) is 0 Å². The maximum atomic E-state index is 9.83. The SMILES string of the molecule is CCCC[C@@H](O)[C@@H](N)c1ccc(O)c(Cl)c1.Cl. The van der Waals surface area contributed by atoms with Gasteiger partial charge in [-0.1, -0.05) is 37.4 Å². The summed E-state index contributed by atoms with van der Waals surface area (Å²) in [5.41, 5.74) is 6.65. The number of hydrogen-bond donors (Lipinski definition) is 3. The van der Waals surface area contributed by atoms with Crippen molar-refractivity contribution < 1.29 is 10.2 Å². The van der Waals surface area contributed by atoms with Crippen LogP contribution in [0.5, 0.6) is 5.75 Å². The van der Waals surface area contributed by atoms with Crippen molar-refractivity contribution >= 4 is 24.0 Å². The van der Waals surface area contributed by atoms with Crippen LogP contribution in [0, 0.1) is 0 Å². The number of unbranched alkanes of at least 4 members (excludes halogenated alkanes) is 1. The van der Waals surface area contributed by atoms with Crippen molar-refractivity contribution in [3.05, 3.63) is 28.8 Å². The molecule has 0 aliphatic carbocycles. The van der Waals surface area contributed by atoms with Crippen molar-refractivity contribution in [1.29, 1.82) is 0 Å². The molecule has 1 aromatic carbocycles. The normalized spacial score (nSPS) is 13.9. The first-order valence-corrected chi connectivity index (χ1v) is 5.86. The number of aromatic hydroxyl groups is 1. The Bertz CT molecular complexity index is 347. The van der Waals surface area contributed by atoms with E-state index in [1.807, 2.05) is 0 Å². The quantitative estimate of drug-likeness (QED) is 0.776. The lowest BCUT2D eigenvalue weighted by molar-refractivity contribution is 0.132. The Morgan fingerprint density at radius 3 is 2.59 bits per heavy atom. The van der Waals surface area contributed by atoms with Crippen LogP contribution in [0.3, 0.4) is 0 Å². The van der Waals surface area contributed by atoms with Gasteiger partial charge in [0, 0.05) is 0 Å². The Morgan fingerprint density at radius 1 is 1.41 bits per heavy atom. The van der Waals surface area contributed by atoms with Gasteiger partial charge in [0.25, 0.3) is 0 Å². The lowest BCUT2D eigenvalue weighted by Crippen LogP contribution is -2.26. The summed E-state index contributed by atoms with van der Waals surface area (Å²) < 4.78 is 0. The highest BCUT2D eigenvalue weighted by Crippen LogP contribution is 2.27. The number of hydrogen-bond acceptors (Lipinski definition) is 3. The molecule has 0 radical (unpaired) electrons. The van der Waals surface area contributed by atoms with E-state index in [2.05, 4.69) is 6.92 Å². The molecule has 0 spiro atoms. The molecule has 3 nitrogen and oxygen atoms in total. The number of aliphatic hydroxyl groups excluding tert-OH is 1. The van der Waals surface area contributed by atoms with E-state index in [9.17, 15) is 10.2 Å². The predicted molar refractivity (Wildman–Crippen MR) is 72.8 cm³/mol. The smallest absolute Gasteiger partial charge is 0.134 e. The molecule has 1 rings (SSSR count). The zero-order valence-electron chi connectivity index (χ0n) is 9.77. The fourth-order valence-electron chi connectivity index (χ4n) is 1.55. The second-order valence-electron chi connectivity index (χ2n) is 3.95. The summed E-state index contributed by atoms with van der Waals surface area (Å²) in [6, 6.07) is 4.31. The summed E-state index contributed by atoms with van der Waals surface area (Å²) in [5, 5.41) is 19.4. The first-order valence-electron chi connectivity index (χ1n) is 5.48. The van der Waals surface area contributed by atoms with E-state index >= 15 is 0 Å². The second kappa shape index (κ2) is 7.77. The van der Waals surface area contributed by atoms with Crippen molar-refractivity contribution in [2.24, 2.45) is 5.73 Å². The van der Waals surface area contributed by atoms with E-state index in [4.69, 9.17) is 17.3 Å². The summed E-state index contributed by atoms with van der Waals surface area (Å²) >= 11 is 5.78. The molecule has 0 aliphatic heterocycles. The van der Waals surface area contributed by atoms with Crippen LogP contribution < -0.4 is 5.73 Å². The standard InChI is InChI=1S/C12H18ClNO2.ClH/c1-2-3-4-11(16)12(14)8-5-6-10(15)9(13)7-8;/h5-7,11-12,15-16H,2-4,14H2,1H3;1H/t11-,12+;/m1./s1. The summed E-state index contributed by atoms with van der Waals surface area (Å²) in [4.78, 5) is 0. The molecule has 98 valence electrons. The van der Waals surface area contributed by atoms with Crippen LogP contribution >= 0.6 is 24.0 Å². The van der Waals surface area contributed by atoms with Crippen LogP contribution in [0.25, 0.3) is 0 Å². The number of nitrogens with two attached hydrogens (primary N) is 1. The molecule has 1 aromatic rings. The van der Waals surface area contributed by atoms with Gasteiger partial charge < -0.3 is 15.9 Å². The molecule has 0 amide bonds. The third kappa shape index (κ3) is 4.72. The molecule has 0 saturated heterocycles. The van der Waals surface area contributed by atoms with E-state index < -0.39 is 12.1 Å². The van der Waals surface area contributed by atoms with Gasteiger partial charge in [-0.3, -0.25) is 0 Å². The lowest BCUT2D eigenvalue weighted by atomic mass is 9.98. The Hall–Kier alpha value is -0.480. The minimum atomic E-state index is -0.569. The molecule has 0 aliphatic rings. The zero-order chi connectivity index (χ0) is 12.1. The molecule has 0 fully saturated rings. The number of benzene rings is 1. The predicted octanol–water partition coefficient (Wildman–Crippen LogP) is 3.02. The average Bonchev–Trinajstić information content (AvgIpc) is 2.28. The summed E-state index contributed by atoms with van der Waals surface area (Å²) in [6.07, 6.45) is 2.08. The number of halogens is 2. The second-order valence-corrected chi connectivity index (χ2v) is 4.35. The molecule has 0 bridgehead atoms. The molecule has 17 heavy (non-hydrogen) atoms. The summed E-state index contributed by atoms with van der Waals surface area (Å²) in [7, 11) is 0. The Balaban J connectivity index is 0.00000256. The molecule has 5 heteroatoms. The molecule has 0 aromatic heterocycles. The molecular weight excluding hydrogens is 261 g/mol. The van der Waals surface area contributed by atoms with E-state index in [0.717, 1.165) is 18.4 Å². The highest BCUT2D eigenvalue weighted by Gasteiger charge is 2.17. The van der Waals surface area contributed by atoms with Crippen LogP contribution in [0.1, 0.15) is 37.8 Å². The largest absolute Gasteiger partial charge is 0.506 e. The van der Waals surface area contributed by atoms with Gasteiger partial charge in [0.1, 0.15) is 5.75 Å².